The first-order valence-corrected chi connectivity index (χ1v) is 4.59. The van der Waals surface area contributed by atoms with Gasteiger partial charge in [-0.3, -0.25) is 0 Å². The van der Waals surface area contributed by atoms with Gasteiger partial charge in [0.05, 0.1) is 11.1 Å². The van der Waals surface area contributed by atoms with E-state index in [9.17, 15) is 9.59 Å². The van der Waals surface area contributed by atoms with Gasteiger partial charge in [-0.1, -0.05) is 30.3 Å². The standard InChI is InChI=1S/C12H8O4.2Na.2H/c13-11(14)9-6-5-7-3-1-2-4-8(7)10(9)12(15)16;;;;/h1-6H,(H,13,14)(H,15,16);;;;. The van der Waals surface area contributed by atoms with Crippen LogP contribution in [0.15, 0.2) is 36.4 Å². The van der Waals surface area contributed by atoms with Crippen LogP contribution >= 0.6 is 0 Å². The summed E-state index contributed by atoms with van der Waals surface area (Å²) in [7, 11) is 0. The normalized spacial score (nSPS) is 9.11. The van der Waals surface area contributed by atoms with E-state index in [0.29, 0.717) is 10.8 Å². The summed E-state index contributed by atoms with van der Waals surface area (Å²) in [5, 5.41) is 19.1. The van der Waals surface area contributed by atoms with Gasteiger partial charge in [0, 0.05) is 0 Å². The van der Waals surface area contributed by atoms with Gasteiger partial charge in [0.2, 0.25) is 0 Å². The van der Waals surface area contributed by atoms with E-state index in [1.807, 2.05) is 0 Å². The van der Waals surface area contributed by atoms with Crippen LogP contribution in [-0.2, 0) is 0 Å². The molecule has 2 aromatic rings. The number of rotatable bonds is 2. The summed E-state index contributed by atoms with van der Waals surface area (Å²) in [6.45, 7) is 0. The number of hydrogen-bond donors (Lipinski definition) is 2. The number of carboxylic acids is 2. The molecular weight excluding hydrogens is 254 g/mol. The predicted octanol–water partition coefficient (Wildman–Crippen LogP) is 0.939. The average Bonchev–Trinajstić information content (AvgIpc) is 2.27. The van der Waals surface area contributed by atoms with E-state index in [-0.39, 0.29) is 70.2 Å². The number of hydrogen-bond acceptors (Lipinski definition) is 2. The monoisotopic (exact) mass is 264 g/mol. The molecule has 0 spiro atoms. The van der Waals surface area contributed by atoms with Crippen molar-refractivity contribution in [1.82, 2.24) is 0 Å². The molecule has 84 valence electrons. The molecule has 0 bridgehead atoms. The fourth-order valence-electron chi connectivity index (χ4n) is 1.68. The quantitative estimate of drug-likeness (QED) is 0.791. The molecule has 0 amide bonds. The van der Waals surface area contributed by atoms with Crippen molar-refractivity contribution in [3.8, 4) is 0 Å². The molecule has 2 rings (SSSR count). The van der Waals surface area contributed by atoms with Gasteiger partial charge in [0.1, 0.15) is 0 Å². The zero-order valence-corrected chi connectivity index (χ0v) is 8.18. The van der Waals surface area contributed by atoms with Crippen LogP contribution in [0.2, 0.25) is 0 Å². The van der Waals surface area contributed by atoms with E-state index >= 15 is 0 Å². The number of carbonyl (C=O) groups is 2. The Morgan fingerprint density at radius 3 is 2.00 bits per heavy atom. The van der Waals surface area contributed by atoms with Gasteiger partial charge in [-0.15, -0.1) is 0 Å². The summed E-state index contributed by atoms with van der Waals surface area (Å²) < 4.78 is 0. The molecule has 0 heterocycles. The topological polar surface area (TPSA) is 74.6 Å². The third-order valence-corrected chi connectivity index (χ3v) is 2.37. The van der Waals surface area contributed by atoms with E-state index in [4.69, 9.17) is 10.2 Å². The van der Waals surface area contributed by atoms with Crippen LogP contribution in [0.3, 0.4) is 0 Å². The second-order valence-electron chi connectivity index (χ2n) is 3.32. The second kappa shape index (κ2) is 7.28. The Bertz CT molecular complexity index is 596. The van der Waals surface area contributed by atoms with Crippen molar-refractivity contribution in [2.75, 3.05) is 0 Å². The minimum absolute atomic E-state index is 0. The van der Waals surface area contributed by atoms with E-state index < -0.39 is 11.9 Å². The van der Waals surface area contributed by atoms with Crippen molar-refractivity contribution in [3.63, 3.8) is 0 Å². The van der Waals surface area contributed by atoms with Crippen molar-refractivity contribution >= 4 is 81.8 Å². The number of fused-ring (bicyclic) bond motifs is 1. The first kappa shape index (κ1) is 17.6. The molecule has 18 heavy (non-hydrogen) atoms. The molecule has 0 radical (unpaired) electrons. The average molecular weight is 264 g/mol. The summed E-state index contributed by atoms with van der Waals surface area (Å²) in [5.74, 6) is -2.46. The number of carboxylic acid groups (broad SMARTS) is 2. The maximum atomic E-state index is 11.1. The molecule has 0 aliphatic carbocycles. The van der Waals surface area contributed by atoms with Gasteiger partial charge in [-0.25, -0.2) is 9.59 Å². The molecule has 2 N–H and O–H groups in total. The molecule has 0 aliphatic heterocycles. The predicted molar refractivity (Wildman–Crippen MR) is 72.2 cm³/mol. The number of aromatic carboxylic acids is 2. The second-order valence-corrected chi connectivity index (χ2v) is 3.32. The molecule has 0 fully saturated rings. The first-order valence-electron chi connectivity index (χ1n) is 4.59. The van der Waals surface area contributed by atoms with Crippen LogP contribution in [0.1, 0.15) is 20.7 Å². The Kier molecular flexibility index (Phi) is 7.14. The van der Waals surface area contributed by atoms with Gasteiger partial charge in [-0.2, -0.15) is 0 Å². The van der Waals surface area contributed by atoms with Crippen LogP contribution < -0.4 is 0 Å². The maximum absolute atomic E-state index is 11.1. The molecule has 0 unspecified atom stereocenters. The van der Waals surface area contributed by atoms with Gasteiger partial charge >= 0.3 is 71.1 Å². The van der Waals surface area contributed by atoms with Crippen molar-refractivity contribution in [2.24, 2.45) is 0 Å². The third kappa shape index (κ3) is 3.35. The minimum atomic E-state index is -1.23. The fourth-order valence-corrected chi connectivity index (χ4v) is 1.68. The summed E-state index contributed by atoms with van der Waals surface area (Å²) in [6, 6.07) is 9.72. The van der Waals surface area contributed by atoms with Crippen LogP contribution in [0.4, 0.5) is 0 Å². The van der Waals surface area contributed by atoms with Gasteiger partial charge < -0.3 is 10.2 Å². The molecule has 0 saturated carbocycles. The van der Waals surface area contributed by atoms with Gasteiger partial charge in [-0.05, 0) is 16.8 Å². The van der Waals surface area contributed by atoms with Gasteiger partial charge in [0.25, 0.3) is 0 Å². The third-order valence-electron chi connectivity index (χ3n) is 2.37. The number of benzene rings is 2. The zero-order chi connectivity index (χ0) is 11.7. The molecular formula is C12H10Na2O4. The summed E-state index contributed by atoms with van der Waals surface area (Å²) in [4.78, 5) is 22.0. The Labute approximate surface area is 148 Å². The molecule has 0 aliphatic rings. The Balaban J connectivity index is 0.00000144. The van der Waals surface area contributed by atoms with Crippen LogP contribution in [0.25, 0.3) is 10.8 Å². The summed E-state index contributed by atoms with van der Waals surface area (Å²) >= 11 is 0. The SMILES string of the molecule is O=C(O)c1ccc2ccccc2c1C(=O)O.[NaH].[NaH]. The van der Waals surface area contributed by atoms with Gasteiger partial charge in [0.15, 0.2) is 0 Å². The molecule has 2 aromatic carbocycles. The van der Waals surface area contributed by atoms with Crippen LogP contribution in [0.5, 0.6) is 0 Å². The molecule has 6 heteroatoms. The molecule has 0 atom stereocenters. The first-order chi connectivity index (χ1) is 7.61. The van der Waals surface area contributed by atoms with Crippen LogP contribution in [-0.4, -0.2) is 81.3 Å². The van der Waals surface area contributed by atoms with Crippen molar-refractivity contribution < 1.29 is 19.8 Å². The van der Waals surface area contributed by atoms with E-state index in [2.05, 4.69) is 0 Å². The van der Waals surface area contributed by atoms with E-state index in [1.165, 1.54) is 6.07 Å². The Morgan fingerprint density at radius 2 is 1.44 bits per heavy atom. The Morgan fingerprint density at radius 1 is 0.833 bits per heavy atom. The van der Waals surface area contributed by atoms with E-state index in [0.717, 1.165) is 0 Å². The zero-order valence-electron chi connectivity index (χ0n) is 8.18. The molecule has 0 aromatic heterocycles. The van der Waals surface area contributed by atoms with E-state index in [1.54, 1.807) is 30.3 Å². The fraction of sp³-hybridized carbons (Fsp3) is 0. The van der Waals surface area contributed by atoms with Crippen molar-refractivity contribution in [3.05, 3.63) is 47.5 Å². The van der Waals surface area contributed by atoms with Crippen molar-refractivity contribution in [2.45, 2.75) is 0 Å². The van der Waals surface area contributed by atoms with Crippen LogP contribution in [0, 0.1) is 0 Å². The molecule has 4 nitrogen and oxygen atoms in total. The van der Waals surface area contributed by atoms with Crippen molar-refractivity contribution in [1.29, 1.82) is 0 Å². The molecule has 0 saturated heterocycles. The summed E-state index contributed by atoms with van der Waals surface area (Å²) in [5.41, 5.74) is -0.350. The Hall–Kier alpha value is -0.360. The summed E-state index contributed by atoms with van der Waals surface area (Å²) in [6.07, 6.45) is 0.